The molecule has 31 heavy (non-hydrogen) atoms. The molecule has 5 rings (SSSR count). The molecule has 3 heteroatoms. The smallest absolute Gasteiger partial charge is 0.188 e. The Balaban J connectivity index is 1.38. The third kappa shape index (κ3) is 3.23. The van der Waals surface area contributed by atoms with Gasteiger partial charge in [0.25, 0.3) is 0 Å². The second-order valence-electron chi connectivity index (χ2n) is 13.1. The lowest BCUT2D eigenvalue weighted by molar-refractivity contribution is -0.182. The molecule has 0 aromatic carbocycles. The van der Waals surface area contributed by atoms with Crippen molar-refractivity contribution in [1.29, 1.82) is 0 Å². The van der Waals surface area contributed by atoms with E-state index in [1.165, 1.54) is 44.9 Å². The van der Waals surface area contributed by atoms with Crippen molar-refractivity contribution in [3.8, 4) is 0 Å². The summed E-state index contributed by atoms with van der Waals surface area (Å²) in [5.74, 6) is 4.19. The maximum Gasteiger partial charge on any atom is 0.188 e. The van der Waals surface area contributed by atoms with Crippen LogP contribution < -0.4 is 5.73 Å². The van der Waals surface area contributed by atoms with Crippen LogP contribution in [0.25, 0.3) is 0 Å². The number of hydrogen-bond acceptors (Lipinski definition) is 3. The molecule has 0 aromatic rings. The Bertz CT molecular complexity index is 720. The topological polar surface area (TPSA) is 55.5 Å². The predicted octanol–water partition coefficient (Wildman–Crippen LogP) is 5.77. The zero-order valence-electron chi connectivity index (χ0n) is 20.6. The van der Waals surface area contributed by atoms with Crippen molar-refractivity contribution in [2.24, 2.45) is 63.9 Å². The molecule has 0 spiro atoms. The summed E-state index contributed by atoms with van der Waals surface area (Å²) >= 11 is 0. The van der Waals surface area contributed by atoms with Gasteiger partial charge in [0.05, 0.1) is 6.10 Å². The average Bonchev–Trinajstić information content (AvgIpc) is 3.16. The normalized spacial score (nSPS) is 56.4. The molecule has 0 bridgehead atoms. The molecule has 4 unspecified atom stereocenters. The summed E-state index contributed by atoms with van der Waals surface area (Å²) in [4.78, 5) is 0. The molecule has 1 aliphatic heterocycles. The molecular formula is C28H47NO2. The van der Waals surface area contributed by atoms with Crippen LogP contribution in [0.3, 0.4) is 0 Å². The molecule has 3 nitrogen and oxygen atoms in total. The Hall–Kier alpha value is -0.380. The van der Waals surface area contributed by atoms with Crippen molar-refractivity contribution in [2.45, 2.75) is 97.9 Å². The Morgan fingerprint density at radius 1 is 1.03 bits per heavy atom. The molecule has 1 heterocycles. The third-order valence-electron chi connectivity index (χ3n) is 11.4. The second-order valence-corrected chi connectivity index (χ2v) is 13.1. The highest BCUT2D eigenvalue weighted by atomic mass is 16.6. The molecule has 1 saturated heterocycles. The SMILES string of the molecule is CC(C)/C=C/[C@@]1(O)O[C@H]2CC3C4CCC5C[C@H](CN)CC[C@]5(C)C4CC[C@]3(C)[C@H]2[C@@H]1C. The fraction of sp³-hybridized carbons (Fsp3) is 0.929. The molecule has 4 aliphatic carbocycles. The first-order valence-corrected chi connectivity index (χ1v) is 13.4. The van der Waals surface area contributed by atoms with Gasteiger partial charge in [-0.3, -0.25) is 0 Å². The van der Waals surface area contributed by atoms with Gasteiger partial charge >= 0.3 is 0 Å². The van der Waals surface area contributed by atoms with Gasteiger partial charge in [-0.1, -0.05) is 40.7 Å². The Kier molecular flexibility index (Phi) is 5.47. The number of ether oxygens (including phenoxy) is 1. The van der Waals surface area contributed by atoms with Gasteiger partial charge < -0.3 is 15.6 Å². The quantitative estimate of drug-likeness (QED) is 0.560. The largest absolute Gasteiger partial charge is 0.362 e. The maximum atomic E-state index is 11.4. The lowest BCUT2D eigenvalue weighted by Gasteiger charge is -2.61. The monoisotopic (exact) mass is 429 g/mol. The number of aliphatic hydroxyl groups is 1. The Morgan fingerprint density at radius 3 is 2.48 bits per heavy atom. The lowest BCUT2D eigenvalue weighted by Crippen LogP contribution is -2.54. The van der Waals surface area contributed by atoms with Crippen LogP contribution in [0.15, 0.2) is 12.2 Å². The molecule has 4 saturated carbocycles. The molecule has 3 N–H and O–H groups in total. The van der Waals surface area contributed by atoms with E-state index in [0.717, 1.165) is 42.6 Å². The lowest BCUT2D eigenvalue weighted by atomic mass is 9.44. The van der Waals surface area contributed by atoms with E-state index < -0.39 is 5.79 Å². The standard InChI is InChI=1S/C28H47NO2/c1-17(2)8-13-28(30)18(3)25-24(31-28)15-23-21-7-6-20-14-19(16-29)9-11-26(20,4)22(21)10-12-27(23,25)5/h8,13,17-25,30H,6-7,9-12,14-16,29H2,1-5H3/b13-8+/t18-,19+,20?,21?,22?,23?,24-,25-,26-,27-,28+/m0/s1. The molecule has 0 aromatic heterocycles. The summed E-state index contributed by atoms with van der Waals surface area (Å²) in [5.41, 5.74) is 6.92. The van der Waals surface area contributed by atoms with Crippen molar-refractivity contribution in [3.05, 3.63) is 12.2 Å². The maximum absolute atomic E-state index is 11.4. The van der Waals surface area contributed by atoms with Gasteiger partial charge in [0.2, 0.25) is 0 Å². The van der Waals surface area contributed by atoms with Gasteiger partial charge in [0.1, 0.15) is 0 Å². The van der Waals surface area contributed by atoms with E-state index in [9.17, 15) is 5.11 Å². The molecule has 176 valence electrons. The zero-order valence-corrected chi connectivity index (χ0v) is 20.6. The molecule has 0 radical (unpaired) electrons. The minimum absolute atomic E-state index is 0.172. The summed E-state index contributed by atoms with van der Waals surface area (Å²) < 4.78 is 6.49. The molecule has 11 atom stereocenters. The van der Waals surface area contributed by atoms with Gasteiger partial charge in [-0.15, -0.1) is 0 Å². The number of hydrogen-bond donors (Lipinski definition) is 2. The minimum atomic E-state index is -1.07. The molecular weight excluding hydrogens is 382 g/mol. The summed E-state index contributed by atoms with van der Waals surface area (Å²) in [7, 11) is 0. The van der Waals surface area contributed by atoms with Crippen LogP contribution in [0, 0.1) is 58.2 Å². The predicted molar refractivity (Wildman–Crippen MR) is 126 cm³/mol. The van der Waals surface area contributed by atoms with E-state index in [1.807, 2.05) is 6.08 Å². The minimum Gasteiger partial charge on any atom is -0.362 e. The van der Waals surface area contributed by atoms with Crippen LogP contribution in [-0.2, 0) is 4.74 Å². The van der Waals surface area contributed by atoms with Crippen molar-refractivity contribution < 1.29 is 9.84 Å². The van der Waals surface area contributed by atoms with Gasteiger partial charge in [-0.2, -0.15) is 0 Å². The number of rotatable bonds is 3. The van der Waals surface area contributed by atoms with E-state index in [0.29, 0.717) is 22.7 Å². The van der Waals surface area contributed by atoms with E-state index in [2.05, 4.69) is 40.7 Å². The van der Waals surface area contributed by atoms with Gasteiger partial charge in [-0.05, 0) is 116 Å². The first-order chi connectivity index (χ1) is 14.6. The van der Waals surface area contributed by atoms with Crippen molar-refractivity contribution in [1.82, 2.24) is 0 Å². The van der Waals surface area contributed by atoms with Gasteiger partial charge in [-0.25, -0.2) is 0 Å². The van der Waals surface area contributed by atoms with Crippen LogP contribution in [0.4, 0.5) is 0 Å². The first-order valence-electron chi connectivity index (χ1n) is 13.4. The van der Waals surface area contributed by atoms with Crippen LogP contribution in [-0.4, -0.2) is 23.5 Å². The molecule has 5 aliphatic rings. The number of allylic oxidation sites excluding steroid dienone is 1. The van der Waals surface area contributed by atoms with Gasteiger partial charge in [0, 0.05) is 5.92 Å². The summed E-state index contributed by atoms with van der Waals surface area (Å²) in [5, 5.41) is 11.4. The molecule has 5 fully saturated rings. The van der Waals surface area contributed by atoms with Crippen LogP contribution >= 0.6 is 0 Å². The third-order valence-corrected chi connectivity index (χ3v) is 11.4. The van der Waals surface area contributed by atoms with Gasteiger partial charge in [0.15, 0.2) is 5.79 Å². The number of fused-ring (bicyclic) bond motifs is 7. The van der Waals surface area contributed by atoms with Crippen molar-refractivity contribution >= 4 is 0 Å². The summed E-state index contributed by atoms with van der Waals surface area (Å²) in [6, 6.07) is 0. The highest BCUT2D eigenvalue weighted by Crippen LogP contribution is 2.70. The van der Waals surface area contributed by atoms with Crippen LogP contribution in [0.1, 0.15) is 86.0 Å². The molecule has 0 amide bonds. The first kappa shape index (κ1) is 22.4. The highest BCUT2D eigenvalue weighted by molar-refractivity contribution is 5.17. The highest BCUT2D eigenvalue weighted by Gasteiger charge is 2.68. The summed E-state index contributed by atoms with van der Waals surface area (Å²) in [6.07, 6.45) is 15.1. The van der Waals surface area contributed by atoms with Crippen molar-refractivity contribution in [3.63, 3.8) is 0 Å². The van der Waals surface area contributed by atoms with Crippen LogP contribution in [0.5, 0.6) is 0 Å². The van der Waals surface area contributed by atoms with Crippen LogP contribution in [0.2, 0.25) is 0 Å². The second kappa shape index (κ2) is 7.57. The zero-order chi connectivity index (χ0) is 22.2. The number of nitrogens with two attached hydrogens (primary N) is 1. The fourth-order valence-corrected chi connectivity index (χ4v) is 9.73. The van der Waals surface area contributed by atoms with E-state index in [1.54, 1.807) is 0 Å². The Morgan fingerprint density at radius 2 is 1.77 bits per heavy atom. The van der Waals surface area contributed by atoms with E-state index in [-0.39, 0.29) is 12.0 Å². The van der Waals surface area contributed by atoms with E-state index >= 15 is 0 Å². The fourth-order valence-electron chi connectivity index (χ4n) is 9.73. The van der Waals surface area contributed by atoms with E-state index in [4.69, 9.17) is 10.5 Å². The summed E-state index contributed by atoms with van der Waals surface area (Å²) in [6.45, 7) is 12.7. The Labute approximate surface area is 190 Å². The van der Waals surface area contributed by atoms with Crippen molar-refractivity contribution in [2.75, 3.05) is 6.54 Å². The average molecular weight is 430 g/mol.